The van der Waals surface area contributed by atoms with Crippen molar-refractivity contribution >= 4 is 12.2 Å². The summed E-state index contributed by atoms with van der Waals surface area (Å²) in [7, 11) is 4.61. The van der Waals surface area contributed by atoms with Crippen molar-refractivity contribution in [3.05, 3.63) is 40.3 Å². The number of methoxy groups -OCH3 is 3. The maximum absolute atomic E-state index is 11.1. The molecule has 0 aliphatic carbocycles. The third-order valence-electron chi connectivity index (χ3n) is 2.74. The van der Waals surface area contributed by atoms with E-state index in [-0.39, 0.29) is 11.5 Å². The fraction of sp³-hybridized carbons (Fsp3) is 0.214. The van der Waals surface area contributed by atoms with Crippen molar-refractivity contribution in [2.45, 2.75) is 0 Å². The first kappa shape index (κ1) is 15.4. The number of nitrogens with zero attached hydrogens (tertiary/aromatic N) is 2. The third kappa shape index (κ3) is 3.54. The van der Waals surface area contributed by atoms with Gasteiger partial charge in [0.1, 0.15) is 0 Å². The Labute approximate surface area is 126 Å². The summed E-state index contributed by atoms with van der Waals surface area (Å²) in [5.41, 5.74) is 3.09. The second-order valence-corrected chi connectivity index (χ2v) is 4.11. The second kappa shape index (κ2) is 7.11. The van der Waals surface area contributed by atoms with E-state index in [2.05, 4.69) is 20.5 Å². The summed E-state index contributed by atoms with van der Waals surface area (Å²) in [6, 6.07) is 4.80. The second-order valence-electron chi connectivity index (χ2n) is 4.11. The van der Waals surface area contributed by atoms with E-state index in [0.29, 0.717) is 17.2 Å². The van der Waals surface area contributed by atoms with Crippen molar-refractivity contribution in [2.75, 3.05) is 26.8 Å². The third-order valence-corrected chi connectivity index (χ3v) is 2.74. The fourth-order valence-corrected chi connectivity index (χ4v) is 1.77. The molecule has 1 aromatic heterocycles. The van der Waals surface area contributed by atoms with Gasteiger partial charge in [-0.3, -0.25) is 9.78 Å². The Morgan fingerprint density at radius 2 is 1.86 bits per heavy atom. The molecule has 2 aromatic rings. The molecule has 0 atom stereocenters. The lowest BCUT2D eigenvalue weighted by Gasteiger charge is -2.12. The number of hydrogen-bond donors (Lipinski definition) is 2. The van der Waals surface area contributed by atoms with Crippen LogP contribution in [0.15, 0.2) is 34.3 Å². The molecule has 0 fully saturated rings. The standard InChI is InChI=1S/C14H16N4O4/c1-20-10-6-9(7-11(21-2)13(10)22-3)8-16-18-14-15-5-4-12(19)17-14/h4-8H,1-3H3,(H2,15,17,18,19)/b16-8+. The lowest BCUT2D eigenvalue weighted by molar-refractivity contribution is 0.324. The molecule has 0 aliphatic rings. The number of rotatable bonds is 6. The number of benzene rings is 1. The summed E-state index contributed by atoms with van der Waals surface area (Å²) in [4.78, 5) is 17.5. The van der Waals surface area contributed by atoms with E-state index in [0.717, 1.165) is 5.56 Å². The highest BCUT2D eigenvalue weighted by Crippen LogP contribution is 2.37. The number of ether oxygens (including phenoxy) is 3. The molecule has 1 heterocycles. The van der Waals surface area contributed by atoms with E-state index in [1.807, 2.05) is 0 Å². The van der Waals surface area contributed by atoms with Crippen LogP contribution >= 0.6 is 0 Å². The number of aromatic amines is 1. The number of H-pyrrole nitrogens is 1. The zero-order chi connectivity index (χ0) is 15.9. The van der Waals surface area contributed by atoms with Gasteiger partial charge in [-0.1, -0.05) is 0 Å². The van der Waals surface area contributed by atoms with Gasteiger partial charge in [0.2, 0.25) is 11.7 Å². The zero-order valence-electron chi connectivity index (χ0n) is 12.4. The Kier molecular flexibility index (Phi) is 4.97. The number of aromatic nitrogens is 2. The number of hydrogen-bond acceptors (Lipinski definition) is 7. The van der Waals surface area contributed by atoms with Crippen LogP contribution in [-0.2, 0) is 0 Å². The number of hydrazone groups is 1. The summed E-state index contributed by atoms with van der Waals surface area (Å²) in [5, 5.41) is 4.00. The molecule has 0 radical (unpaired) electrons. The summed E-state index contributed by atoms with van der Waals surface area (Å²) in [6.07, 6.45) is 2.92. The molecule has 2 N–H and O–H groups in total. The van der Waals surface area contributed by atoms with Crippen LogP contribution in [0.2, 0.25) is 0 Å². The van der Waals surface area contributed by atoms with Gasteiger partial charge >= 0.3 is 0 Å². The molecule has 8 heteroatoms. The zero-order valence-corrected chi connectivity index (χ0v) is 12.4. The monoisotopic (exact) mass is 304 g/mol. The van der Waals surface area contributed by atoms with E-state index in [4.69, 9.17) is 14.2 Å². The van der Waals surface area contributed by atoms with E-state index in [1.165, 1.54) is 39.8 Å². The minimum Gasteiger partial charge on any atom is -0.493 e. The van der Waals surface area contributed by atoms with E-state index < -0.39 is 0 Å². The highest BCUT2D eigenvalue weighted by molar-refractivity contribution is 5.82. The van der Waals surface area contributed by atoms with Gasteiger partial charge in [-0.2, -0.15) is 5.10 Å². The van der Waals surface area contributed by atoms with Crippen LogP contribution < -0.4 is 25.2 Å². The largest absolute Gasteiger partial charge is 0.493 e. The molecule has 22 heavy (non-hydrogen) atoms. The van der Waals surface area contributed by atoms with Crippen LogP contribution in [0.1, 0.15) is 5.56 Å². The van der Waals surface area contributed by atoms with Gasteiger partial charge in [0.25, 0.3) is 5.56 Å². The Morgan fingerprint density at radius 3 is 2.41 bits per heavy atom. The molecular formula is C14H16N4O4. The molecule has 0 saturated heterocycles. The van der Waals surface area contributed by atoms with Crippen molar-refractivity contribution in [3.63, 3.8) is 0 Å². The quantitative estimate of drug-likeness (QED) is 0.615. The first-order valence-electron chi connectivity index (χ1n) is 6.32. The Hall–Kier alpha value is -3.03. The molecule has 8 nitrogen and oxygen atoms in total. The maximum Gasteiger partial charge on any atom is 0.252 e. The molecule has 116 valence electrons. The minimum atomic E-state index is -0.263. The number of anilines is 1. The minimum absolute atomic E-state index is 0.246. The van der Waals surface area contributed by atoms with Crippen molar-refractivity contribution in [1.29, 1.82) is 0 Å². The van der Waals surface area contributed by atoms with Crippen molar-refractivity contribution in [3.8, 4) is 17.2 Å². The van der Waals surface area contributed by atoms with Gasteiger partial charge in [-0.05, 0) is 12.1 Å². The Morgan fingerprint density at radius 1 is 1.18 bits per heavy atom. The average molecular weight is 304 g/mol. The molecule has 0 spiro atoms. The van der Waals surface area contributed by atoms with Crippen molar-refractivity contribution < 1.29 is 14.2 Å². The smallest absolute Gasteiger partial charge is 0.252 e. The summed E-state index contributed by atoms with van der Waals surface area (Å²) >= 11 is 0. The highest BCUT2D eigenvalue weighted by atomic mass is 16.5. The lowest BCUT2D eigenvalue weighted by Crippen LogP contribution is -2.08. The predicted octanol–water partition coefficient (Wildman–Crippen LogP) is 1.24. The molecule has 0 amide bonds. The Bertz CT molecular complexity index is 702. The van der Waals surface area contributed by atoms with Gasteiger partial charge in [0.05, 0.1) is 27.5 Å². The Balaban J connectivity index is 2.22. The number of nitrogens with one attached hydrogen (secondary N) is 2. The van der Waals surface area contributed by atoms with Gasteiger partial charge in [0.15, 0.2) is 11.5 Å². The first-order valence-corrected chi connectivity index (χ1v) is 6.32. The van der Waals surface area contributed by atoms with Gasteiger partial charge in [-0.15, -0.1) is 0 Å². The molecule has 2 rings (SSSR count). The lowest BCUT2D eigenvalue weighted by atomic mass is 10.2. The first-order chi connectivity index (χ1) is 10.7. The summed E-state index contributed by atoms with van der Waals surface area (Å²) in [5.74, 6) is 1.80. The van der Waals surface area contributed by atoms with Crippen LogP contribution in [0.5, 0.6) is 17.2 Å². The average Bonchev–Trinajstić information content (AvgIpc) is 2.53. The van der Waals surface area contributed by atoms with E-state index in [9.17, 15) is 4.79 Å². The molecule has 0 unspecified atom stereocenters. The van der Waals surface area contributed by atoms with E-state index >= 15 is 0 Å². The molecule has 0 aliphatic heterocycles. The molecule has 1 aromatic carbocycles. The molecule has 0 saturated carbocycles. The van der Waals surface area contributed by atoms with Crippen LogP contribution in [-0.4, -0.2) is 37.5 Å². The van der Waals surface area contributed by atoms with Crippen molar-refractivity contribution in [2.24, 2.45) is 5.10 Å². The SMILES string of the molecule is COc1cc(/C=N/Nc2nccc(=O)[nH]2)cc(OC)c1OC. The fourth-order valence-electron chi connectivity index (χ4n) is 1.77. The van der Waals surface area contributed by atoms with Crippen LogP contribution in [0.25, 0.3) is 0 Å². The van der Waals surface area contributed by atoms with Crippen LogP contribution in [0, 0.1) is 0 Å². The topological polar surface area (TPSA) is 97.8 Å². The predicted molar refractivity (Wildman–Crippen MR) is 82.2 cm³/mol. The molecule has 0 bridgehead atoms. The highest BCUT2D eigenvalue weighted by Gasteiger charge is 2.12. The maximum atomic E-state index is 11.1. The normalized spacial score (nSPS) is 10.5. The van der Waals surface area contributed by atoms with Crippen molar-refractivity contribution in [1.82, 2.24) is 9.97 Å². The van der Waals surface area contributed by atoms with E-state index in [1.54, 1.807) is 12.1 Å². The van der Waals surface area contributed by atoms with Gasteiger partial charge in [-0.25, -0.2) is 10.4 Å². The summed E-state index contributed by atoms with van der Waals surface area (Å²) in [6.45, 7) is 0. The summed E-state index contributed by atoms with van der Waals surface area (Å²) < 4.78 is 15.7. The van der Waals surface area contributed by atoms with Gasteiger partial charge < -0.3 is 14.2 Å². The van der Waals surface area contributed by atoms with Crippen LogP contribution in [0.3, 0.4) is 0 Å². The van der Waals surface area contributed by atoms with Crippen LogP contribution in [0.4, 0.5) is 5.95 Å². The molecular weight excluding hydrogens is 288 g/mol. The van der Waals surface area contributed by atoms with Gasteiger partial charge in [0, 0.05) is 17.8 Å².